The molecule has 140 valence electrons. The fourth-order valence-corrected chi connectivity index (χ4v) is 3.48. The molecule has 5 heteroatoms. The first kappa shape index (κ1) is 17.1. The Morgan fingerprint density at radius 1 is 0.793 bits per heavy atom. The molecule has 2 aromatic heterocycles. The molecular formula is C24H17N3O2. The van der Waals surface area contributed by atoms with Crippen molar-refractivity contribution >= 4 is 16.7 Å². The van der Waals surface area contributed by atoms with Crippen molar-refractivity contribution in [2.24, 2.45) is 0 Å². The summed E-state index contributed by atoms with van der Waals surface area (Å²) < 4.78 is 6.84. The van der Waals surface area contributed by atoms with Gasteiger partial charge in [-0.1, -0.05) is 42.5 Å². The molecule has 0 N–H and O–H groups in total. The summed E-state index contributed by atoms with van der Waals surface area (Å²) in [6.07, 6.45) is 0. The Morgan fingerprint density at radius 2 is 1.52 bits per heavy atom. The van der Waals surface area contributed by atoms with Gasteiger partial charge in [-0.3, -0.25) is 4.79 Å². The number of rotatable bonds is 3. The van der Waals surface area contributed by atoms with Gasteiger partial charge in [-0.15, -0.1) is 0 Å². The molecule has 0 saturated carbocycles. The van der Waals surface area contributed by atoms with Crippen LogP contribution in [-0.4, -0.2) is 21.5 Å². The molecule has 0 bridgehead atoms. The van der Waals surface area contributed by atoms with Crippen molar-refractivity contribution in [3.8, 4) is 28.3 Å². The first-order valence-electron chi connectivity index (χ1n) is 9.27. The number of methoxy groups -OCH3 is 1. The highest BCUT2D eigenvalue weighted by Gasteiger charge is 2.14. The van der Waals surface area contributed by atoms with Crippen molar-refractivity contribution in [3.63, 3.8) is 0 Å². The summed E-state index contributed by atoms with van der Waals surface area (Å²) in [4.78, 5) is 22.7. The Balaban J connectivity index is 1.87. The van der Waals surface area contributed by atoms with Crippen LogP contribution in [0.15, 0.2) is 89.7 Å². The van der Waals surface area contributed by atoms with Crippen LogP contribution in [0.5, 0.6) is 5.75 Å². The van der Waals surface area contributed by atoms with Gasteiger partial charge in [-0.2, -0.15) is 0 Å². The zero-order chi connectivity index (χ0) is 19.8. The summed E-state index contributed by atoms with van der Waals surface area (Å²) in [5.74, 6) is 1.15. The van der Waals surface area contributed by atoms with E-state index in [0.717, 1.165) is 28.3 Å². The van der Waals surface area contributed by atoms with Crippen LogP contribution >= 0.6 is 0 Å². The zero-order valence-corrected chi connectivity index (χ0v) is 15.7. The number of hydrogen-bond donors (Lipinski definition) is 0. The topological polar surface area (TPSA) is 56.5 Å². The molecule has 0 spiro atoms. The van der Waals surface area contributed by atoms with E-state index in [1.165, 1.54) is 0 Å². The van der Waals surface area contributed by atoms with Gasteiger partial charge in [0.25, 0.3) is 5.56 Å². The predicted molar refractivity (Wildman–Crippen MR) is 114 cm³/mol. The Bertz CT molecular complexity index is 1390. The number of para-hydroxylation sites is 1. The summed E-state index contributed by atoms with van der Waals surface area (Å²) >= 11 is 0. The molecule has 0 amide bonds. The van der Waals surface area contributed by atoms with E-state index in [4.69, 9.17) is 9.72 Å². The van der Waals surface area contributed by atoms with Crippen molar-refractivity contribution in [3.05, 3.63) is 95.3 Å². The monoisotopic (exact) mass is 379 g/mol. The number of fused-ring (bicyclic) bond motifs is 2. The van der Waals surface area contributed by atoms with Gasteiger partial charge >= 0.3 is 0 Å². The molecule has 0 atom stereocenters. The van der Waals surface area contributed by atoms with Crippen LogP contribution in [0.1, 0.15) is 0 Å². The molecule has 0 aliphatic heterocycles. The van der Waals surface area contributed by atoms with E-state index in [0.29, 0.717) is 16.7 Å². The molecule has 0 radical (unpaired) electrons. The number of ether oxygens (including phenoxy) is 1. The molecule has 2 heterocycles. The maximum absolute atomic E-state index is 13.3. The van der Waals surface area contributed by atoms with Crippen molar-refractivity contribution in [1.29, 1.82) is 0 Å². The second-order valence-corrected chi connectivity index (χ2v) is 6.69. The third kappa shape index (κ3) is 2.93. The fourth-order valence-electron chi connectivity index (χ4n) is 3.48. The van der Waals surface area contributed by atoms with Gasteiger partial charge in [0, 0.05) is 5.56 Å². The van der Waals surface area contributed by atoms with E-state index < -0.39 is 0 Å². The number of aromatic nitrogens is 3. The Morgan fingerprint density at radius 3 is 2.28 bits per heavy atom. The average Bonchev–Trinajstić information content (AvgIpc) is 2.79. The van der Waals surface area contributed by atoms with Gasteiger partial charge in [-0.05, 0) is 48.0 Å². The van der Waals surface area contributed by atoms with Crippen molar-refractivity contribution < 1.29 is 4.74 Å². The van der Waals surface area contributed by atoms with Crippen LogP contribution in [-0.2, 0) is 0 Å². The normalized spacial score (nSPS) is 11.1. The highest BCUT2D eigenvalue weighted by Crippen LogP contribution is 2.27. The highest BCUT2D eigenvalue weighted by atomic mass is 16.5. The minimum atomic E-state index is -0.127. The molecule has 5 nitrogen and oxygen atoms in total. The van der Waals surface area contributed by atoms with Gasteiger partial charge in [0.15, 0.2) is 0 Å². The predicted octanol–water partition coefficient (Wildman–Crippen LogP) is 4.59. The molecule has 5 rings (SSSR count). The van der Waals surface area contributed by atoms with Gasteiger partial charge in [0.1, 0.15) is 5.75 Å². The number of hydrogen-bond acceptors (Lipinski definition) is 4. The summed E-state index contributed by atoms with van der Waals surface area (Å²) in [6.45, 7) is 0. The van der Waals surface area contributed by atoms with Crippen molar-refractivity contribution in [2.45, 2.75) is 0 Å². The van der Waals surface area contributed by atoms with Crippen LogP contribution in [0.3, 0.4) is 0 Å². The summed E-state index contributed by atoms with van der Waals surface area (Å²) in [5, 5.41) is 0.571. The molecule has 29 heavy (non-hydrogen) atoms. The average molecular weight is 379 g/mol. The minimum Gasteiger partial charge on any atom is -0.497 e. The van der Waals surface area contributed by atoms with Crippen LogP contribution in [0.25, 0.3) is 39.2 Å². The van der Waals surface area contributed by atoms with E-state index in [1.807, 2.05) is 78.9 Å². The standard InChI is InChI=1S/C24H17N3O2/c1-29-18-13-11-16(12-14-18)21-15-22(17-7-3-2-4-8-17)27-23(28)19-9-5-6-10-20(19)25-24(27)26-21/h2-15H,1H3. The molecule has 3 aromatic carbocycles. The van der Waals surface area contributed by atoms with Crippen LogP contribution < -0.4 is 10.3 Å². The van der Waals surface area contributed by atoms with Crippen LogP contribution in [0.4, 0.5) is 0 Å². The molecule has 0 saturated heterocycles. The van der Waals surface area contributed by atoms with E-state index in [1.54, 1.807) is 17.6 Å². The van der Waals surface area contributed by atoms with Crippen LogP contribution in [0.2, 0.25) is 0 Å². The largest absolute Gasteiger partial charge is 0.497 e. The first-order valence-corrected chi connectivity index (χ1v) is 9.27. The summed E-state index contributed by atoms with van der Waals surface area (Å²) in [7, 11) is 1.64. The summed E-state index contributed by atoms with van der Waals surface area (Å²) in [5.41, 5.74) is 3.86. The Labute approximate surface area is 166 Å². The number of nitrogens with zero attached hydrogens (tertiary/aromatic N) is 3. The quantitative estimate of drug-likeness (QED) is 0.431. The third-order valence-corrected chi connectivity index (χ3v) is 4.95. The molecule has 0 aliphatic rings. The minimum absolute atomic E-state index is 0.127. The van der Waals surface area contributed by atoms with Gasteiger partial charge in [-0.25, -0.2) is 14.4 Å². The van der Waals surface area contributed by atoms with Crippen LogP contribution in [0, 0.1) is 0 Å². The smallest absolute Gasteiger partial charge is 0.267 e. The lowest BCUT2D eigenvalue weighted by Gasteiger charge is -2.12. The molecule has 0 unspecified atom stereocenters. The van der Waals surface area contributed by atoms with Gasteiger partial charge < -0.3 is 4.74 Å². The van der Waals surface area contributed by atoms with E-state index >= 15 is 0 Å². The Hall–Kier alpha value is -3.99. The van der Waals surface area contributed by atoms with E-state index in [2.05, 4.69) is 4.98 Å². The maximum Gasteiger partial charge on any atom is 0.267 e. The molecule has 0 fully saturated rings. The lowest BCUT2D eigenvalue weighted by atomic mass is 10.1. The maximum atomic E-state index is 13.3. The first-order chi connectivity index (χ1) is 14.2. The molecule has 0 aliphatic carbocycles. The third-order valence-electron chi connectivity index (χ3n) is 4.95. The highest BCUT2D eigenvalue weighted by molar-refractivity contribution is 5.81. The zero-order valence-electron chi connectivity index (χ0n) is 15.7. The lowest BCUT2D eigenvalue weighted by molar-refractivity contribution is 0.415. The Kier molecular flexibility index (Phi) is 4.06. The molecular weight excluding hydrogens is 362 g/mol. The van der Waals surface area contributed by atoms with Gasteiger partial charge in [0.05, 0.1) is 29.4 Å². The lowest BCUT2D eigenvalue weighted by Crippen LogP contribution is -2.18. The molecule has 5 aromatic rings. The SMILES string of the molecule is COc1ccc(-c2cc(-c3ccccc3)n3c(=O)c4ccccc4nc3n2)cc1. The van der Waals surface area contributed by atoms with E-state index in [-0.39, 0.29) is 5.56 Å². The van der Waals surface area contributed by atoms with E-state index in [9.17, 15) is 4.79 Å². The summed E-state index contributed by atoms with van der Waals surface area (Å²) in [6, 6.07) is 26.8. The second-order valence-electron chi connectivity index (χ2n) is 6.69. The van der Waals surface area contributed by atoms with Crippen molar-refractivity contribution in [1.82, 2.24) is 14.4 Å². The second kappa shape index (κ2) is 6.87. The number of benzene rings is 3. The van der Waals surface area contributed by atoms with Crippen molar-refractivity contribution in [2.75, 3.05) is 7.11 Å². The fraction of sp³-hybridized carbons (Fsp3) is 0.0417. The van der Waals surface area contributed by atoms with Gasteiger partial charge in [0.2, 0.25) is 5.78 Å².